The molecule has 1 aromatic heterocycles. The smallest absolute Gasteiger partial charge is 0.240 e. The number of aromatic nitrogens is 1. The molecule has 2 aromatic rings. The molecule has 2 heterocycles. The van der Waals surface area contributed by atoms with Gasteiger partial charge in [-0.05, 0) is 80.1 Å². The minimum Gasteiger partial charge on any atom is -0.326 e. The van der Waals surface area contributed by atoms with Crippen LogP contribution < -0.4 is 10.6 Å². The van der Waals surface area contributed by atoms with Crippen LogP contribution in [-0.4, -0.2) is 41.3 Å². The van der Waals surface area contributed by atoms with E-state index in [1.165, 1.54) is 11.3 Å². The van der Waals surface area contributed by atoms with Crippen molar-refractivity contribution in [1.29, 1.82) is 0 Å². The van der Waals surface area contributed by atoms with Gasteiger partial charge in [-0.15, -0.1) is 11.3 Å². The summed E-state index contributed by atoms with van der Waals surface area (Å²) in [4.78, 5) is 32.4. The fourth-order valence-corrected chi connectivity index (χ4v) is 4.27. The number of hydrogen-bond donors (Lipinski definition) is 2. The SMILES string of the molecule is Cc1nc(NC(=O)CN2CCCC(C(=O)Nc3ccc(I)cc3)C2)sc1C. The molecule has 1 aliphatic rings. The van der Waals surface area contributed by atoms with E-state index in [1.54, 1.807) is 0 Å². The van der Waals surface area contributed by atoms with Gasteiger partial charge in [-0.25, -0.2) is 4.98 Å². The Hall–Kier alpha value is -1.52. The summed E-state index contributed by atoms with van der Waals surface area (Å²) in [7, 11) is 0. The van der Waals surface area contributed by atoms with Crippen LogP contribution in [-0.2, 0) is 9.59 Å². The van der Waals surface area contributed by atoms with Crippen molar-refractivity contribution >= 4 is 56.6 Å². The van der Waals surface area contributed by atoms with Crippen molar-refractivity contribution in [3.05, 3.63) is 38.4 Å². The summed E-state index contributed by atoms with van der Waals surface area (Å²) in [6.45, 7) is 5.63. The van der Waals surface area contributed by atoms with E-state index in [0.717, 1.165) is 39.2 Å². The molecule has 0 spiro atoms. The van der Waals surface area contributed by atoms with Crippen LogP contribution in [0.5, 0.6) is 0 Å². The number of aryl methyl sites for hydroxylation is 2. The topological polar surface area (TPSA) is 74.3 Å². The van der Waals surface area contributed by atoms with Gasteiger partial charge in [0, 0.05) is 20.7 Å². The zero-order chi connectivity index (χ0) is 19.4. The van der Waals surface area contributed by atoms with E-state index in [0.29, 0.717) is 11.7 Å². The van der Waals surface area contributed by atoms with Gasteiger partial charge in [0.05, 0.1) is 18.2 Å². The van der Waals surface area contributed by atoms with Gasteiger partial charge in [0.2, 0.25) is 11.8 Å². The Kier molecular flexibility index (Phi) is 6.83. The Morgan fingerprint density at radius 3 is 2.67 bits per heavy atom. The standard InChI is InChI=1S/C19H23IN4O2S/c1-12-13(2)27-19(21-12)23-17(25)11-24-9-3-4-14(10-24)18(26)22-16-7-5-15(20)6-8-16/h5-8,14H,3-4,9-11H2,1-2H3,(H,22,26)(H,21,23,25). The van der Waals surface area contributed by atoms with E-state index in [2.05, 4.69) is 38.2 Å². The summed E-state index contributed by atoms with van der Waals surface area (Å²) < 4.78 is 1.13. The van der Waals surface area contributed by atoms with Crippen LogP contribution >= 0.6 is 33.9 Å². The van der Waals surface area contributed by atoms with Crippen molar-refractivity contribution < 1.29 is 9.59 Å². The highest BCUT2D eigenvalue weighted by molar-refractivity contribution is 14.1. The third kappa shape index (κ3) is 5.73. The zero-order valence-corrected chi connectivity index (χ0v) is 18.4. The van der Waals surface area contributed by atoms with Crippen molar-refractivity contribution in [1.82, 2.24) is 9.88 Å². The molecule has 27 heavy (non-hydrogen) atoms. The predicted octanol–water partition coefficient (Wildman–Crippen LogP) is 3.65. The highest BCUT2D eigenvalue weighted by atomic mass is 127. The first-order valence-corrected chi connectivity index (χ1v) is 10.8. The fourth-order valence-electron chi connectivity index (χ4n) is 3.08. The molecule has 1 atom stereocenters. The number of anilines is 2. The first-order valence-electron chi connectivity index (χ1n) is 8.93. The van der Waals surface area contributed by atoms with E-state index in [-0.39, 0.29) is 24.3 Å². The van der Waals surface area contributed by atoms with E-state index in [1.807, 2.05) is 43.0 Å². The van der Waals surface area contributed by atoms with Crippen molar-refractivity contribution in [3.8, 4) is 0 Å². The molecule has 1 fully saturated rings. The van der Waals surface area contributed by atoms with Gasteiger partial charge in [-0.2, -0.15) is 0 Å². The summed E-state index contributed by atoms with van der Waals surface area (Å²) in [6, 6.07) is 7.75. The second-order valence-electron chi connectivity index (χ2n) is 6.78. The fraction of sp³-hybridized carbons (Fsp3) is 0.421. The van der Waals surface area contributed by atoms with Crippen LogP contribution in [0.1, 0.15) is 23.4 Å². The molecule has 6 nitrogen and oxygen atoms in total. The van der Waals surface area contributed by atoms with E-state index >= 15 is 0 Å². The largest absolute Gasteiger partial charge is 0.326 e. The molecule has 144 valence electrons. The minimum absolute atomic E-state index is 0.0208. The Bertz CT molecular complexity index is 802. The zero-order valence-electron chi connectivity index (χ0n) is 15.4. The van der Waals surface area contributed by atoms with Gasteiger partial charge in [0.1, 0.15) is 0 Å². The van der Waals surface area contributed by atoms with Crippen LogP contribution in [0.3, 0.4) is 0 Å². The summed E-state index contributed by atoms with van der Waals surface area (Å²) >= 11 is 3.72. The molecular weight excluding hydrogens is 475 g/mol. The summed E-state index contributed by atoms with van der Waals surface area (Å²) in [5, 5.41) is 6.49. The van der Waals surface area contributed by atoms with E-state index in [4.69, 9.17) is 0 Å². The molecule has 0 aliphatic carbocycles. The first kappa shape index (κ1) is 20.2. The van der Waals surface area contributed by atoms with Crippen LogP contribution in [0.2, 0.25) is 0 Å². The number of carbonyl (C=O) groups is 2. The van der Waals surface area contributed by atoms with Crippen molar-refractivity contribution in [3.63, 3.8) is 0 Å². The quantitative estimate of drug-likeness (QED) is 0.618. The molecule has 1 aliphatic heterocycles. The molecule has 0 bridgehead atoms. The Labute approximate surface area is 176 Å². The van der Waals surface area contributed by atoms with Gasteiger partial charge in [0.15, 0.2) is 5.13 Å². The molecule has 0 radical (unpaired) electrons. The molecule has 8 heteroatoms. The number of nitrogens with zero attached hydrogens (tertiary/aromatic N) is 2. The Morgan fingerprint density at radius 2 is 2.00 bits per heavy atom. The van der Waals surface area contributed by atoms with Crippen molar-refractivity contribution in [2.24, 2.45) is 5.92 Å². The third-order valence-electron chi connectivity index (χ3n) is 4.63. The lowest BCUT2D eigenvalue weighted by atomic mass is 9.97. The number of halogens is 1. The molecule has 1 aromatic carbocycles. The lowest BCUT2D eigenvalue weighted by Gasteiger charge is -2.31. The normalized spacial score (nSPS) is 17.5. The predicted molar refractivity (Wildman–Crippen MR) is 117 cm³/mol. The van der Waals surface area contributed by atoms with E-state index < -0.39 is 0 Å². The number of thiazole rings is 1. The number of rotatable bonds is 5. The minimum atomic E-state index is -0.102. The van der Waals surface area contributed by atoms with Crippen LogP contribution in [0.4, 0.5) is 10.8 Å². The lowest BCUT2D eigenvalue weighted by molar-refractivity contribution is -0.123. The third-order valence-corrected chi connectivity index (χ3v) is 6.34. The average Bonchev–Trinajstić information content (AvgIpc) is 2.94. The van der Waals surface area contributed by atoms with Crippen molar-refractivity contribution in [2.45, 2.75) is 26.7 Å². The number of amides is 2. The van der Waals surface area contributed by atoms with Gasteiger partial charge < -0.3 is 10.6 Å². The molecular formula is C19H23IN4O2S. The monoisotopic (exact) mass is 498 g/mol. The number of hydrogen-bond acceptors (Lipinski definition) is 5. The maximum Gasteiger partial charge on any atom is 0.240 e. The highest BCUT2D eigenvalue weighted by Crippen LogP contribution is 2.22. The lowest BCUT2D eigenvalue weighted by Crippen LogP contribution is -2.43. The number of carbonyl (C=O) groups excluding carboxylic acids is 2. The first-order chi connectivity index (χ1) is 12.9. The Balaban J connectivity index is 1.51. The second kappa shape index (κ2) is 9.11. The van der Waals surface area contributed by atoms with E-state index in [9.17, 15) is 9.59 Å². The van der Waals surface area contributed by atoms with Crippen LogP contribution in [0, 0.1) is 23.3 Å². The molecule has 1 unspecified atom stereocenters. The van der Waals surface area contributed by atoms with Gasteiger partial charge >= 0.3 is 0 Å². The number of nitrogens with one attached hydrogen (secondary N) is 2. The summed E-state index contributed by atoms with van der Waals surface area (Å²) in [5.74, 6) is -0.162. The molecule has 1 saturated heterocycles. The summed E-state index contributed by atoms with van der Waals surface area (Å²) in [6.07, 6.45) is 1.76. The highest BCUT2D eigenvalue weighted by Gasteiger charge is 2.27. The summed E-state index contributed by atoms with van der Waals surface area (Å²) in [5.41, 5.74) is 1.75. The number of benzene rings is 1. The van der Waals surface area contributed by atoms with Crippen molar-refractivity contribution in [2.75, 3.05) is 30.3 Å². The van der Waals surface area contributed by atoms with Crippen LogP contribution in [0.25, 0.3) is 0 Å². The maximum absolute atomic E-state index is 12.6. The maximum atomic E-state index is 12.6. The number of likely N-dealkylation sites (tertiary alicyclic amines) is 1. The average molecular weight is 498 g/mol. The molecule has 3 rings (SSSR count). The van der Waals surface area contributed by atoms with Crippen LogP contribution in [0.15, 0.2) is 24.3 Å². The number of piperidine rings is 1. The van der Waals surface area contributed by atoms with Gasteiger partial charge in [-0.3, -0.25) is 14.5 Å². The van der Waals surface area contributed by atoms with Gasteiger partial charge in [0.25, 0.3) is 0 Å². The molecule has 2 amide bonds. The second-order valence-corrected chi connectivity index (χ2v) is 9.23. The molecule has 0 saturated carbocycles. The van der Waals surface area contributed by atoms with Gasteiger partial charge in [-0.1, -0.05) is 0 Å². The molecule has 2 N–H and O–H groups in total. The Morgan fingerprint density at radius 1 is 1.26 bits per heavy atom.